The first kappa shape index (κ1) is 15.7. The summed E-state index contributed by atoms with van der Waals surface area (Å²) in [5.74, 6) is 0.733. The molecule has 3 rings (SSSR count). The van der Waals surface area contributed by atoms with Crippen molar-refractivity contribution in [3.63, 3.8) is 0 Å². The van der Waals surface area contributed by atoms with Gasteiger partial charge in [-0.1, -0.05) is 12.1 Å². The molecule has 0 aliphatic carbocycles. The van der Waals surface area contributed by atoms with Gasteiger partial charge in [-0.15, -0.1) is 0 Å². The summed E-state index contributed by atoms with van der Waals surface area (Å²) in [4.78, 5) is 18.8. The minimum absolute atomic E-state index is 0.0243. The molecule has 0 saturated heterocycles. The van der Waals surface area contributed by atoms with Gasteiger partial charge in [0.15, 0.2) is 0 Å². The quantitative estimate of drug-likeness (QED) is 0.586. The maximum absolute atomic E-state index is 12.9. The van der Waals surface area contributed by atoms with Gasteiger partial charge in [0.1, 0.15) is 5.76 Å². The second-order valence-corrected chi connectivity index (χ2v) is 6.36. The van der Waals surface area contributed by atoms with Crippen molar-refractivity contribution in [2.45, 2.75) is 13.1 Å². The minimum atomic E-state index is -0.0243. The number of rotatable bonds is 5. The zero-order valence-corrected chi connectivity index (χ0v) is 14.5. The van der Waals surface area contributed by atoms with Gasteiger partial charge in [-0.05, 0) is 64.6 Å². The van der Waals surface area contributed by atoms with Gasteiger partial charge in [-0.3, -0.25) is 9.78 Å². The second-order valence-electron chi connectivity index (χ2n) is 5.11. The molecule has 2 aromatic heterocycles. The van der Waals surface area contributed by atoms with Gasteiger partial charge in [-0.2, -0.15) is 0 Å². The first-order chi connectivity index (χ1) is 11.2. The topological polar surface area (TPSA) is 46.3 Å². The molecule has 1 amide bonds. The van der Waals surface area contributed by atoms with Crippen LogP contribution in [0.25, 0.3) is 0 Å². The molecule has 0 saturated carbocycles. The molecule has 0 aliphatic rings. The summed E-state index contributed by atoms with van der Waals surface area (Å²) >= 11 is 2.21. The number of hydrogen-bond acceptors (Lipinski definition) is 3. The molecule has 0 atom stereocenters. The fraction of sp³-hybridized carbons (Fsp3) is 0.111. The minimum Gasteiger partial charge on any atom is -0.467 e. The first-order valence-electron chi connectivity index (χ1n) is 7.18. The summed E-state index contributed by atoms with van der Waals surface area (Å²) in [6.45, 7) is 0.908. The highest BCUT2D eigenvalue weighted by atomic mass is 127. The highest BCUT2D eigenvalue weighted by molar-refractivity contribution is 14.1. The first-order valence-corrected chi connectivity index (χ1v) is 8.26. The van der Waals surface area contributed by atoms with E-state index in [1.54, 1.807) is 23.6 Å². The Balaban J connectivity index is 1.86. The van der Waals surface area contributed by atoms with Crippen molar-refractivity contribution in [1.29, 1.82) is 0 Å². The highest BCUT2D eigenvalue weighted by Crippen LogP contribution is 2.16. The zero-order chi connectivity index (χ0) is 16.1. The van der Waals surface area contributed by atoms with Gasteiger partial charge in [0.2, 0.25) is 0 Å². The van der Waals surface area contributed by atoms with Crippen LogP contribution in [0.1, 0.15) is 21.7 Å². The maximum Gasteiger partial charge on any atom is 0.254 e. The van der Waals surface area contributed by atoms with Crippen LogP contribution in [0.2, 0.25) is 0 Å². The lowest BCUT2D eigenvalue weighted by atomic mass is 10.1. The average Bonchev–Trinajstić information content (AvgIpc) is 3.08. The van der Waals surface area contributed by atoms with Crippen molar-refractivity contribution in [3.8, 4) is 0 Å². The summed E-state index contributed by atoms with van der Waals surface area (Å²) in [6, 6.07) is 15.1. The zero-order valence-electron chi connectivity index (χ0n) is 12.4. The number of furan rings is 1. The summed E-state index contributed by atoms with van der Waals surface area (Å²) in [7, 11) is 0. The van der Waals surface area contributed by atoms with Crippen LogP contribution in [-0.4, -0.2) is 15.8 Å². The Morgan fingerprint density at radius 2 is 2.04 bits per heavy atom. The van der Waals surface area contributed by atoms with Gasteiger partial charge >= 0.3 is 0 Å². The molecule has 4 nitrogen and oxygen atoms in total. The summed E-state index contributed by atoms with van der Waals surface area (Å²) in [5, 5.41) is 0. The van der Waals surface area contributed by atoms with Crippen LogP contribution in [0.4, 0.5) is 0 Å². The monoisotopic (exact) mass is 418 g/mol. The predicted octanol–water partition coefficient (Wildman–Crippen LogP) is 4.12. The molecule has 0 N–H and O–H groups in total. The molecule has 0 spiro atoms. The van der Waals surface area contributed by atoms with E-state index in [2.05, 4.69) is 27.6 Å². The van der Waals surface area contributed by atoms with E-state index in [9.17, 15) is 4.79 Å². The van der Waals surface area contributed by atoms with Crippen molar-refractivity contribution in [3.05, 3.63) is 87.6 Å². The van der Waals surface area contributed by atoms with Crippen molar-refractivity contribution in [2.24, 2.45) is 0 Å². The van der Waals surface area contributed by atoms with Crippen LogP contribution in [0, 0.1) is 3.57 Å². The fourth-order valence-corrected chi connectivity index (χ4v) is 2.85. The molecular weight excluding hydrogens is 403 g/mol. The predicted molar refractivity (Wildman–Crippen MR) is 95.7 cm³/mol. The van der Waals surface area contributed by atoms with E-state index in [0.717, 1.165) is 14.9 Å². The van der Waals surface area contributed by atoms with Crippen LogP contribution < -0.4 is 0 Å². The standard InChI is InChI=1S/C18H15IN2O2/c19-16-6-1-5-15(10-16)18(22)21(13-17-7-3-9-23-17)12-14-4-2-8-20-11-14/h1-11H,12-13H2. The van der Waals surface area contributed by atoms with Gasteiger partial charge in [0, 0.05) is 28.1 Å². The molecule has 3 aromatic rings. The van der Waals surface area contributed by atoms with Crippen LogP contribution in [0.5, 0.6) is 0 Å². The van der Waals surface area contributed by atoms with E-state index < -0.39 is 0 Å². The van der Waals surface area contributed by atoms with Crippen LogP contribution in [0.3, 0.4) is 0 Å². The number of amides is 1. The van der Waals surface area contributed by atoms with Crippen molar-refractivity contribution < 1.29 is 9.21 Å². The molecule has 0 bridgehead atoms. The van der Waals surface area contributed by atoms with E-state index in [1.807, 2.05) is 48.5 Å². The van der Waals surface area contributed by atoms with E-state index in [0.29, 0.717) is 18.7 Å². The third kappa shape index (κ3) is 4.19. The summed E-state index contributed by atoms with van der Waals surface area (Å²) in [6.07, 6.45) is 5.12. The highest BCUT2D eigenvalue weighted by Gasteiger charge is 2.18. The maximum atomic E-state index is 12.9. The Morgan fingerprint density at radius 3 is 2.74 bits per heavy atom. The van der Waals surface area contributed by atoms with E-state index in [4.69, 9.17) is 4.42 Å². The molecule has 2 heterocycles. The number of pyridine rings is 1. The molecule has 116 valence electrons. The largest absolute Gasteiger partial charge is 0.467 e. The van der Waals surface area contributed by atoms with Crippen molar-refractivity contribution in [1.82, 2.24) is 9.88 Å². The SMILES string of the molecule is O=C(c1cccc(I)c1)N(Cc1cccnc1)Cc1ccco1. The van der Waals surface area contributed by atoms with Crippen LogP contribution >= 0.6 is 22.6 Å². The average molecular weight is 418 g/mol. The lowest BCUT2D eigenvalue weighted by molar-refractivity contribution is 0.0717. The smallest absolute Gasteiger partial charge is 0.254 e. The number of halogens is 1. The third-order valence-corrected chi connectivity index (χ3v) is 4.05. The van der Waals surface area contributed by atoms with Gasteiger partial charge in [-0.25, -0.2) is 0 Å². The number of aromatic nitrogens is 1. The van der Waals surface area contributed by atoms with E-state index in [-0.39, 0.29) is 5.91 Å². The Kier molecular flexibility index (Phi) is 5.07. The number of hydrogen-bond donors (Lipinski definition) is 0. The summed E-state index contributed by atoms with van der Waals surface area (Å²) < 4.78 is 6.44. The Bertz CT molecular complexity index is 773. The molecule has 1 aromatic carbocycles. The number of nitrogens with zero attached hydrogens (tertiary/aromatic N) is 2. The Hall–Kier alpha value is -2.15. The third-order valence-electron chi connectivity index (χ3n) is 3.38. The van der Waals surface area contributed by atoms with Crippen LogP contribution in [0.15, 0.2) is 71.6 Å². The molecule has 0 unspecified atom stereocenters. The van der Waals surface area contributed by atoms with E-state index >= 15 is 0 Å². The second kappa shape index (κ2) is 7.41. The molecule has 23 heavy (non-hydrogen) atoms. The van der Waals surface area contributed by atoms with Crippen molar-refractivity contribution in [2.75, 3.05) is 0 Å². The Morgan fingerprint density at radius 1 is 1.13 bits per heavy atom. The Labute approximate surface area is 148 Å². The van der Waals surface area contributed by atoms with Gasteiger partial charge in [0.25, 0.3) is 5.91 Å². The molecule has 5 heteroatoms. The lowest BCUT2D eigenvalue weighted by Gasteiger charge is -2.22. The number of benzene rings is 1. The fourth-order valence-electron chi connectivity index (χ4n) is 2.31. The van der Waals surface area contributed by atoms with Gasteiger partial charge in [0.05, 0.1) is 12.8 Å². The molecule has 0 aliphatic heterocycles. The molecular formula is C18H15IN2O2. The lowest BCUT2D eigenvalue weighted by Crippen LogP contribution is -2.30. The van der Waals surface area contributed by atoms with Crippen LogP contribution in [-0.2, 0) is 13.1 Å². The van der Waals surface area contributed by atoms with E-state index in [1.165, 1.54) is 0 Å². The molecule has 0 radical (unpaired) electrons. The molecule has 0 fully saturated rings. The van der Waals surface area contributed by atoms with Crippen molar-refractivity contribution >= 4 is 28.5 Å². The normalized spacial score (nSPS) is 10.5. The number of carbonyl (C=O) groups excluding carboxylic acids is 1. The van der Waals surface area contributed by atoms with Gasteiger partial charge < -0.3 is 9.32 Å². The number of carbonyl (C=O) groups is 1. The summed E-state index contributed by atoms with van der Waals surface area (Å²) in [5.41, 5.74) is 1.66.